The van der Waals surface area contributed by atoms with Gasteiger partial charge in [-0.3, -0.25) is 0 Å². The lowest BCUT2D eigenvalue weighted by Crippen LogP contribution is -1.74. The number of aromatic nitrogens is 1. The Bertz CT molecular complexity index is 358. The van der Waals surface area contributed by atoms with Gasteiger partial charge in [-0.1, -0.05) is 0 Å². The van der Waals surface area contributed by atoms with E-state index >= 15 is 0 Å². The van der Waals surface area contributed by atoms with Gasteiger partial charge in [-0.25, -0.2) is 0 Å². The predicted molar refractivity (Wildman–Crippen MR) is 58.7 cm³/mol. The van der Waals surface area contributed by atoms with E-state index in [1.165, 1.54) is 14.5 Å². The summed E-state index contributed by atoms with van der Waals surface area (Å²) >= 11 is 5.81. The first-order valence-electron chi connectivity index (χ1n) is 3.20. The molecule has 0 unspecified atom stereocenters. The van der Waals surface area contributed by atoms with Gasteiger partial charge in [0.2, 0.25) is 0 Å². The van der Waals surface area contributed by atoms with E-state index in [0.29, 0.717) is 0 Å². The van der Waals surface area contributed by atoms with Crippen molar-refractivity contribution >= 4 is 49.4 Å². The lowest BCUT2D eigenvalue weighted by Gasteiger charge is -1.95. The van der Waals surface area contributed by atoms with Gasteiger partial charge < -0.3 is 4.98 Å². The highest BCUT2D eigenvalue weighted by molar-refractivity contribution is 14.1. The van der Waals surface area contributed by atoms with Crippen LogP contribution in [0.5, 0.6) is 0 Å². The molecule has 11 heavy (non-hydrogen) atoms. The Balaban J connectivity index is 2.96. The van der Waals surface area contributed by atoms with Crippen LogP contribution in [0.4, 0.5) is 0 Å². The molecule has 0 aliphatic carbocycles. The van der Waals surface area contributed by atoms with Gasteiger partial charge in [-0.2, -0.15) is 0 Å². The second kappa shape index (κ2) is 2.79. The van der Waals surface area contributed by atoms with Crippen LogP contribution in [-0.4, -0.2) is 4.98 Å². The topological polar surface area (TPSA) is 15.8 Å². The van der Waals surface area contributed by atoms with Crippen molar-refractivity contribution < 1.29 is 0 Å². The third-order valence-electron chi connectivity index (χ3n) is 1.62. The molecule has 0 fully saturated rings. The average Bonchev–Trinajstić information content (AvgIpc) is 2.45. The number of nitrogens with one attached hydrogen (secondary N) is 1. The molecule has 1 aromatic carbocycles. The van der Waals surface area contributed by atoms with Gasteiger partial charge in [0.25, 0.3) is 0 Å². The predicted octanol–water partition coefficient (Wildman–Crippen LogP) is 3.54. The number of benzene rings is 1. The Kier molecular flexibility index (Phi) is 1.93. The largest absolute Gasteiger partial charge is 0.360 e. The summed E-state index contributed by atoms with van der Waals surface area (Å²) in [7, 11) is 0. The zero-order chi connectivity index (χ0) is 7.84. The first-order chi connectivity index (χ1) is 5.29. The quantitative estimate of drug-likeness (QED) is 0.714. The summed E-state index contributed by atoms with van der Waals surface area (Å²) in [6.45, 7) is 0. The fourth-order valence-electron chi connectivity index (χ4n) is 1.09. The third kappa shape index (κ3) is 1.20. The summed E-state index contributed by atoms with van der Waals surface area (Å²) < 4.78 is 2.40. The minimum atomic E-state index is 1.12. The molecule has 1 nitrogen and oxygen atoms in total. The van der Waals surface area contributed by atoms with Crippen LogP contribution in [0.15, 0.2) is 28.9 Å². The molecule has 0 amide bonds. The highest BCUT2D eigenvalue weighted by Gasteiger charge is 2.01. The maximum Gasteiger partial charge on any atom is 0.0609 e. The maximum absolute atomic E-state index is 3.48. The summed E-state index contributed by atoms with van der Waals surface area (Å²) in [5, 5.41) is 1.28. The number of halogens is 2. The van der Waals surface area contributed by atoms with Crippen molar-refractivity contribution in [3.63, 3.8) is 0 Å². The Morgan fingerprint density at radius 3 is 2.82 bits per heavy atom. The first kappa shape index (κ1) is 7.61. The van der Waals surface area contributed by atoms with Crippen molar-refractivity contribution in [2.75, 3.05) is 0 Å². The summed E-state index contributed by atoms with van der Waals surface area (Å²) in [6.07, 6.45) is 1.96. The Morgan fingerprint density at radius 1 is 1.27 bits per heavy atom. The standard InChI is InChI=1S/C8H5BrIN/c9-6-1-2-7(10)5-3-4-11-8(5)6/h1-4,11H. The SMILES string of the molecule is Brc1ccc(I)c2cc[nH]c12. The van der Waals surface area contributed by atoms with Crippen molar-refractivity contribution in [2.24, 2.45) is 0 Å². The van der Waals surface area contributed by atoms with Crippen molar-refractivity contribution in [1.82, 2.24) is 4.98 Å². The minimum absolute atomic E-state index is 1.12. The zero-order valence-electron chi connectivity index (χ0n) is 5.57. The summed E-state index contributed by atoms with van der Waals surface area (Å²) in [4.78, 5) is 3.18. The lowest BCUT2D eigenvalue weighted by molar-refractivity contribution is 1.46. The zero-order valence-corrected chi connectivity index (χ0v) is 9.31. The molecule has 0 radical (unpaired) electrons. The second-order valence-electron chi connectivity index (χ2n) is 2.30. The average molecular weight is 322 g/mol. The van der Waals surface area contributed by atoms with Gasteiger partial charge in [0, 0.05) is 19.6 Å². The fourth-order valence-corrected chi connectivity index (χ4v) is 2.17. The minimum Gasteiger partial charge on any atom is -0.360 e. The molecule has 2 rings (SSSR count). The molecule has 2 aromatic rings. The number of fused-ring (bicyclic) bond motifs is 1. The van der Waals surface area contributed by atoms with Crippen LogP contribution in [0.2, 0.25) is 0 Å². The molecule has 0 spiro atoms. The van der Waals surface area contributed by atoms with Gasteiger partial charge in [0.05, 0.1) is 5.52 Å². The molecule has 3 heteroatoms. The lowest BCUT2D eigenvalue weighted by atomic mass is 10.3. The molecule has 0 aliphatic rings. The van der Waals surface area contributed by atoms with E-state index in [0.717, 1.165) is 4.47 Å². The van der Waals surface area contributed by atoms with E-state index in [1.807, 2.05) is 6.20 Å². The molecule has 0 bridgehead atoms. The van der Waals surface area contributed by atoms with Crippen LogP contribution in [0.1, 0.15) is 0 Å². The number of hydrogen-bond donors (Lipinski definition) is 1. The third-order valence-corrected chi connectivity index (χ3v) is 3.22. The van der Waals surface area contributed by atoms with E-state index in [1.54, 1.807) is 0 Å². The normalized spacial score (nSPS) is 10.7. The van der Waals surface area contributed by atoms with Crippen molar-refractivity contribution in [3.8, 4) is 0 Å². The number of aromatic amines is 1. The number of rotatable bonds is 0. The van der Waals surface area contributed by atoms with Gasteiger partial charge in [0.1, 0.15) is 0 Å². The van der Waals surface area contributed by atoms with Gasteiger partial charge >= 0.3 is 0 Å². The van der Waals surface area contributed by atoms with Crippen LogP contribution < -0.4 is 0 Å². The van der Waals surface area contributed by atoms with E-state index in [2.05, 4.69) is 61.7 Å². The van der Waals surface area contributed by atoms with Gasteiger partial charge in [0.15, 0.2) is 0 Å². The molecule has 0 aliphatic heterocycles. The molecular formula is C8H5BrIN. The second-order valence-corrected chi connectivity index (χ2v) is 4.31. The Morgan fingerprint density at radius 2 is 2.09 bits per heavy atom. The Hall–Kier alpha value is -0.0300. The summed E-state index contributed by atoms with van der Waals surface area (Å²) in [5.74, 6) is 0. The van der Waals surface area contributed by atoms with E-state index in [-0.39, 0.29) is 0 Å². The van der Waals surface area contributed by atoms with E-state index in [9.17, 15) is 0 Å². The van der Waals surface area contributed by atoms with Crippen molar-refractivity contribution in [3.05, 3.63) is 32.4 Å². The van der Waals surface area contributed by atoms with Crippen LogP contribution >= 0.6 is 38.5 Å². The Labute approximate surface area is 86.5 Å². The molecule has 0 saturated heterocycles. The van der Waals surface area contributed by atoms with E-state index < -0.39 is 0 Å². The molecule has 0 saturated carbocycles. The summed E-state index contributed by atoms with van der Waals surface area (Å²) in [5.41, 5.74) is 1.18. The number of H-pyrrole nitrogens is 1. The molecule has 56 valence electrons. The highest BCUT2D eigenvalue weighted by Crippen LogP contribution is 2.26. The van der Waals surface area contributed by atoms with Crippen LogP contribution in [0.25, 0.3) is 10.9 Å². The number of hydrogen-bond acceptors (Lipinski definition) is 0. The van der Waals surface area contributed by atoms with Crippen LogP contribution in [0, 0.1) is 3.57 Å². The van der Waals surface area contributed by atoms with Crippen molar-refractivity contribution in [2.45, 2.75) is 0 Å². The molecular weight excluding hydrogens is 317 g/mol. The smallest absolute Gasteiger partial charge is 0.0609 e. The van der Waals surface area contributed by atoms with Crippen LogP contribution in [-0.2, 0) is 0 Å². The van der Waals surface area contributed by atoms with E-state index in [4.69, 9.17) is 0 Å². The monoisotopic (exact) mass is 321 g/mol. The van der Waals surface area contributed by atoms with Gasteiger partial charge in [-0.15, -0.1) is 0 Å². The van der Waals surface area contributed by atoms with Gasteiger partial charge in [-0.05, 0) is 56.7 Å². The first-order valence-corrected chi connectivity index (χ1v) is 5.07. The molecule has 0 atom stereocenters. The fraction of sp³-hybridized carbons (Fsp3) is 0. The van der Waals surface area contributed by atoms with Crippen molar-refractivity contribution in [1.29, 1.82) is 0 Å². The van der Waals surface area contributed by atoms with Crippen LogP contribution in [0.3, 0.4) is 0 Å². The maximum atomic E-state index is 3.48. The highest BCUT2D eigenvalue weighted by atomic mass is 127. The molecule has 1 heterocycles. The molecule has 1 aromatic heterocycles. The summed E-state index contributed by atoms with van der Waals surface area (Å²) in [6, 6.07) is 6.24. The molecule has 1 N–H and O–H groups in total.